The lowest BCUT2D eigenvalue weighted by atomic mass is 9.97. The molecule has 33 heavy (non-hydrogen) atoms. The molecule has 1 fully saturated rings. The third-order valence-electron chi connectivity index (χ3n) is 5.65. The van der Waals surface area contributed by atoms with Gasteiger partial charge in [0.1, 0.15) is 5.82 Å². The molecule has 5 rings (SSSR count). The Bertz CT molecular complexity index is 1270. The van der Waals surface area contributed by atoms with Crippen LogP contribution in [0.3, 0.4) is 0 Å². The highest BCUT2D eigenvalue weighted by atomic mass is 32.1. The van der Waals surface area contributed by atoms with Gasteiger partial charge in [-0.2, -0.15) is 13.2 Å². The number of piperidine rings is 1. The summed E-state index contributed by atoms with van der Waals surface area (Å²) >= 11 is 1.60. The molecule has 0 radical (unpaired) electrons. The first-order valence-electron chi connectivity index (χ1n) is 10.2. The SMILES string of the molecule is O=C(c1nnn(-c2ccc(F)cc2)c1C(F)(F)F)N1CCC(c2nc3ccccc3s2)CC1. The van der Waals surface area contributed by atoms with Crippen molar-refractivity contribution in [3.05, 3.63) is 70.7 Å². The van der Waals surface area contributed by atoms with Crippen molar-refractivity contribution in [2.75, 3.05) is 13.1 Å². The van der Waals surface area contributed by atoms with E-state index >= 15 is 0 Å². The number of aromatic nitrogens is 4. The van der Waals surface area contributed by atoms with E-state index in [1.807, 2.05) is 24.3 Å². The van der Waals surface area contributed by atoms with E-state index in [4.69, 9.17) is 0 Å². The number of likely N-dealkylation sites (tertiary alicyclic amines) is 1. The van der Waals surface area contributed by atoms with Crippen molar-refractivity contribution in [1.82, 2.24) is 24.9 Å². The topological polar surface area (TPSA) is 63.9 Å². The van der Waals surface area contributed by atoms with E-state index in [1.54, 1.807) is 11.3 Å². The standard InChI is InChI=1S/C22H17F4N5OS/c23-14-5-7-15(8-6-14)31-19(22(24,25)26)18(28-29-31)21(32)30-11-9-13(10-12-30)20-27-16-3-1-2-4-17(16)33-20/h1-8,13H,9-12H2. The maximum atomic E-state index is 13.9. The smallest absolute Gasteiger partial charge is 0.337 e. The molecule has 0 saturated carbocycles. The third-order valence-corrected chi connectivity index (χ3v) is 6.85. The lowest BCUT2D eigenvalue weighted by Crippen LogP contribution is -2.39. The van der Waals surface area contributed by atoms with Gasteiger partial charge in [0, 0.05) is 19.0 Å². The highest BCUT2D eigenvalue weighted by molar-refractivity contribution is 7.18. The number of hydrogen-bond donors (Lipinski definition) is 0. The Morgan fingerprint density at radius 1 is 1.03 bits per heavy atom. The molecule has 0 N–H and O–H groups in total. The number of benzene rings is 2. The number of hydrogen-bond acceptors (Lipinski definition) is 5. The zero-order valence-corrected chi connectivity index (χ0v) is 17.9. The molecule has 11 heteroatoms. The number of fused-ring (bicyclic) bond motifs is 1. The van der Waals surface area contributed by atoms with Crippen LogP contribution < -0.4 is 0 Å². The Kier molecular flexibility index (Phi) is 5.35. The molecular weight excluding hydrogens is 458 g/mol. The highest BCUT2D eigenvalue weighted by Gasteiger charge is 2.43. The summed E-state index contributed by atoms with van der Waals surface area (Å²) in [5.41, 5.74) is -1.15. The van der Waals surface area contributed by atoms with Crippen LogP contribution in [-0.2, 0) is 6.18 Å². The van der Waals surface area contributed by atoms with E-state index in [9.17, 15) is 22.4 Å². The van der Waals surface area contributed by atoms with Crippen LogP contribution in [0.25, 0.3) is 15.9 Å². The molecule has 0 aliphatic carbocycles. The molecule has 1 aliphatic rings. The molecular formula is C22H17F4N5OS. The van der Waals surface area contributed by atoms with Crippen molar-refractivity contribution in [3.8, 4) is 5.69 Å². The molecule has 1 aliphatic heterocycles. The van der Waals surface area contributed by atoms with Crippen LogP contribution in [0.5, 0.6) is 0 Å². The lowest BCUT2D eigenvalue weighted by Gasteiger charge is -2.30. The first-order chi connectivity index (χ1) is 15.8. The van der Waals surface area contributed by atoms with E-state index in [0.29, 0.717) is 30.6 Å². The molecule has 0 atom stereocenters. The van der Waals surface area contributed by atoms with Crippen molar-refractivity contribution < 1.29 is 22.4 Å². The van der Waals surface area contributed by atoms with Crippen LogP contribution in [0, 0.1) is 5.82 Å². The molecule has 6 nitrogen and oxygen atoms in total. The minimum absolute atomic E-state index is 0.0372. The van der Waals surface area contributed by atoms with Crippen LogP contribution >= 0.6 is 11.3 Å². The van der Waals surface area contributed by atoms with Gasteiger partial charge in [-0.05, 0) is 49.2 Å². The largest absolute Gasteiger partial charge is 0.435 e. The predicted molar refractivity (Wildman–Crippen MR) is 114 cm³/mol. The van der Waals surface area contributed by atoms with Gasteiger partial charge in [0.2, 0.25) is 0 Å². The maximum Gasteiger partial charge on any atom is 0.435 e. The highest BCUT2D eigenvalue weighted by Crippen LogP contribution is 2.36. The van der Waals surface area contributed by atoms with E-state index in [-0.39, 0.29) is 11.6 Å². The van der Waals surface area contributed by atoms with Crippen LogP contribution in [0.1, 0.15) is 39.9 Å². The summed E-state index contributed by atoms with van der Waals surface area (Å²) in [7, 11) is 0. The number of alkyl halides is 3. The second-order valence-electron chi connectivity index (χ2n) is 7.76. The van der Waals surface area contributed by atoms with Crippen molar-refractivity contribution in [2.45, 2.75) is 24.9 Å². The predicted octanol–water partition coefficient (Wildman–Crippen LogP) is 5.05. The van der Waals surface area contributed by atoms with Crippen molar-refractivity contribution >= 4 is 27.5 Å². The molecule has 170 valence electrons. The molecule has 0 spiro atoms. The zero-order chi connectivity index (χ0) is 23.2. The van der Waals surface area contributed by atoms with E-state index < -0.39 is 29.3 Å². The van der Waals surface area contributed by atoms with Crippen molar-refractivity contribution in [2.24, 2.45) is 0 Å². The fourth-order valence-electron chi connectivity index (χ4n) is 3.99. The summed E-state index contributed by atoms with van der Waals surface area (Å²) in [5.74, 6) is -1.28. The molecule has 3 heterocycles. The summed E-state index contributed by atoms with van der Waals surface area (Å²) in [6.07, 6.45) is -3.68. The van der Waals surface area contributed by atoms with Gasteiger partial charge < -0.3 is 4.90 Å². The molecule has 2 aromatic carbocycles. The van der Waals surface area contributed by atoms with Gasteiger partial charge in [0.15, 0.2) is 11.4 Å². The molecule has 0 unspecified atom stereocenters. The molecule has 1 saturated heterocycles. The molecule has 0 bridgehead atoms. The van der Waals surface area contributed by atoms with E-state index in [1.165, 1.54) is 4.90 Å². The van der Waals surface area contributed by atoms with Crippen LogP contribution in [-0.4, -0.2) is 43.9 Å². The third kappa shape index (κ3) is 4.08. The van der Waals surface area contributed by atoms with Gasteiger partial charge in [0.05, 0.1) is 20.9 Å². The van der Waals surface area contributed by atoms with Crippen LogP contribution in [0.4, 0.5) is 17.6 Å². The fraction of sp³-hybridized carbons (Fsp3) is 0.273. The Morgan fingerprint density at radius 2 is 1.73 bits per heavy atom. The Labute approximate surface area is 189 Å². The van der Waals surface area contributed by atoms with Gasteiger partial charge in [-0.15, -0.1) is 16.4 Å². The van der Waals surface area contributed by atoms with Gasteiger partial charge in [0.25, 0.3) is 5.91 Å². The number of nitrogens with zero attached hydrogens (tertiary/aromatic N) is 5. The lowest BCUT2D eigenvalue weighted by molar-refractivity contribution is -0.143. The van der Waals surface area contributed by atoms with Gasteiger partial charge in [-0.1, -0.05) is 17.3 Å². The molecule has 2 aromatic heterocycles. The number of halogens is 4. The van der Waals surface area contributed by atoms with Crippen molar-refractivity contribution in [1.29, 1.82) is 0 Å². The number of para-hydroxylation sites is 1. The quantitative estimate of drug-likeness (QED) is 0.389. The summed E-state index contributed by atoms with van der Waals surface area (Å²) < 4.78 is 56.4. The summed E-state index contributed by atoms with van der Waals surface area (Å²) in [5, 5.41) is 8.09. The minimum atomic E-state index is -4.87. The zero-order valence-electron chi connectivity index (χ0n) is 17.1. The first-order valence-corrected chi connectivity index (χ1v) is 11.1. The maximum absolute atomic E-state index is 13.9. The fourth-order valence-corrected chi connectivity index (χ4v) is 5.12. The number of thiazole rings is 1. The van der Waals surface area contributed by atoms with Crippen LogP contribution in [0.15, 0.2) is 48.5 Å². The number of carbonyl (C=O) groups excluding carboxylic acids is 1. The van der Waals surface area contributed by atoms with Gasteiger partial charge in [-0.3, -0.25) is 4.79 Å². The number of amides is 1. The average Bonchev–Trinajstić information content (AvgIpc) is 3.44. The second kappa shape index (κ2) is 8.22. The Hall–Kier alpha value is -3.34. The summed E-state index contributed by atoms with van der Waals surface area (Å²) in [6.45, 7) is 0.584. The van der Waals surface area contributed by atoms with Crippen molar-refractivity contribution in [3.63, 3.8) is 0 Å². The van der Waals surface area contributed by atoms with E-state index in [2.05, 4.69) is 15.3 Å². The minimum Gasteiger partial charge on any atom is -0.337 e. The van der Waals surface area contributed by atoms with E-state index in [0.717, 1.165) is 39.5 Å². The Balaban J connectivity index is 1.37. The second-order valence-corrected chi connectivity index (χ2v) is 8.82. The van der Waals surface area contributed by atoms with Gasteiger partial charge in [-0.25, -0.2) is 14.1 Å². The number of carbonyl (C=O) groups is 1. The normalized spacial score (nSPS) is 15.3. The first kappa shape index (κ1) is 21.5. The monoisotopic (exact) mass is 475 g/mol. The number of rotatable bonds is 3. The molecule has 1 amide bonds. The van der Waals surface area contributed by atoms with Crippen LogP contribution in [0.2, 0.25) is 0 Å². The average molecular weight is 475 g/mol. The van der Waals surface area contributed by atoms with Gasteiger partial charge >= 0.3 is 6.18 Å². The summed E-state index contributed by atoms with van der Waals surface area (Å²) in [6, 6.07) is 12.1. The Morgan fingerprint density at radius 3 is 2.39 bits per heavy atom. The summed E-state index contributed by atoms with van der Waals surface area (Å²) in [4.78, 5) is 19.0. The molecule has 4 aromatic rings.